The Balaban J connectivity index is 1.75. The topological polar surface area (TPSA) is 81.8 Å². The lowest BCUT2D eigenvalue weighted by Crippen LogP contribution is -2.53. The third-order valence-corrected chi connectivity index (χ3v) is 3.95. The fraction of sp³-hybridized carbons (Fsp3) is 0.400. The predicted molar refractivity (Wildman–Crippen MR) is 82.8 cm³/mol. The van der Waals surface area contributed by atoms with Gasteiger partial charge in [-0.15, -0.1) is 10.2 Å². The van der Waals surface area contributed by atoms with Crippen molar-refractivity contribution in [1.29, 1.82) is 5.26 Å². The van der Waals surface area contributed by atoms with Crippen molar-refractivity contribution >= 4 is 11.6 Å². The zero-order chi connectivity index (χ0) is 18.0. The molecule has 7 nitrogen and oxygen atoms in total. The van der Waals surface area contributed by atoms with Gasteiger partial charge in [-0.25, -0.2) is 9.97 Å². The standard InChI is InChI=1S/C15H14F3N7/c1-10-9-24(14-11(8-19)20-4-5-21-14)6-7-25(10)13-3-2-12(22-23-13)15(16,17)18/h2-5,10H,6-7,9H2,1H3. The van der Waals surface area contributed by atoms with E-state index < -0.39 is 11.9 Å². The predicted octanol–water partition coefficient (Wildman–Crippen LogP) is 1.87. The Morgan fingerprint density at radius 1 is 1.16 bits per heavy atom. The van der Waals surface area contributed by atoms with Crippen LogP contribution in [-0.4, -0.2) is 45.8 Å². The van der Waals surface area contributed by atoms with Gasteiger partial charge in [0.2, 0.25) is 0 Å². The van der Waals surface area contributed by atoms with Gasteiger partial charge in [0.25, 0.3) is 0 Å². The monoisotopic (exact) mass is 349 g/mol. The molecule has 1 aliphatic rings. The van der Waals surface area contributed by atoms with Gasteiger partial charge in [0, 0.05) is 38.1 Å². The van der Waals surface area contributed by atoms with E-state index in [9.17, 15) is 13.2 Å². The molecule has 0 amide bonds. The van der Waals surface area contributed by atoms with Crippen molar-refractivity contribution in [2.24, 2.45) is 0 Å². The summed E-state index contributed by atoms with van der Waals surface area (Å²) in [5, 5.41) is 16.1. The summed E-state index contributed by atoms with van der Waals surface area (Å²) in [5.41, 5.74) is -0.766. The number of halogens is 3. The van der Waals surface area contributed by atoms with Crippen LogP contribution in [0.4, 0.5) is 24.8 Å². The van der Waals surface area contributed by atoms with Crippen molar-refractivity contribution in [3.63, 3.8) is 0 Å². The van der Waals surface area contributed by atoms with Gasteiger partial charge in [-0.05, 0) is 19.1 Å². The molecule has 0 N–H and O–H groups in total. The molecule has 1 fully saturated rings. The Bertz CT molecular complexity index is 785. The van der Waals surface area contributed by atoms with E-state index in [1.807, 2.05) is 22.8 Å². The largest absolute Gasteiger partial charge is 0.435 e. The number of hydrogen-bond acceptors (Lipinski definition) is 7. The van der Waals surface area contributed by atoms with Crippen LogP contribution in [0.2, 0.25) is 0 Å². The molecule has 1 unspecified atom stereocenters. The smallest absolute Gasteiger partial charge is 0.350 e. The summed E-state index contributed by atoms with van der Waals surface area (Å²) in [6, 6.07) is 4.22. The highest BCUT2D eigenvalue weighted by molar-refractivity contribution is 5.52. The number of alkyl halides is 3. The summed E-state index contributed by atoms with van der Waals surface area (Å²) >= 11 is 0. The Kier molecular flexibility index (Phi) is 4.39. The number of piperazine rings is 1. The summed E-state index contributed by atoms with van der Waals surface area (Å²) in [6.45, 7) is 3.52. The summed E-state index contributed by atoms with van der Waals surface area (Å²) in [6.07, 6.45) is -1.52. The lowest BCUT2D eigenvalue weighted by atomic mass is 10.2. The van der Waals surface area contributed by atoms with Gasteiger partial charge in [-0.1, -0.05) is 0 Å². The van der Waals surface area contributed by atoms with Gasteiger partial charge >= 0.3 is 6.18 Å². The van der Waals surface area contributed by atoms with Crippen LogP contribution in [0.5, 0.6) is 0 Å². The molecule has 0 spiro atoms. The van der Waals surface area contributed by atoms with Crippen LogP contribution in [0.25, 0.3) is 0 Å². The normalized spacial score (nSPS) is 18.1. The van der Waals surface area contributed by atoms with Crippen LogP contribution in [0.1, 0.15) is 18.3 Å². The van der Waals surface area contributed by atoms with E-state index in [4.69, 9.17) is 5.26 Å². The van der Waals surface area contributed by atoms with E-state index in [0.717, 1.165) is 6.07 Å². The van der Waals surface area contributed by atoms with Crippen molar-refractivity contribution in [1.82, 2.24) is 20.2 Å². The first-order chi connectivity index (χ1) is 11.9. The number of nitrogens with zero attached hydrogens (tertiary/aromatic N) is 7. The quantitative estimate of drug-likeness (QED) is 0.818. The molecule has 0 radical (unpaired) electrons. The molecule has 130 valence electrons. The van der Waals surface area contributed by atoms with Crippen LogP contribution >= 0.6 is 0 Å². The van der Waals surface area contributed by atoms with E-state index >= 15 is 0 Å². The highest BCUT2D eigenvalue weighted by Crippen LogP contribution is 2.28. The molecule has 1 aliphatic heterocycles. The average molecular weight is 349 g/mol. The lowest BCUT2D eigenvalue weighted by Gasteiger charge is -2.40. The molecule has 2 aromatic heterocycles. The maximum atomic E-state index is 12.6. The molecule has 3 heterocycles. The average Bonchev–Trinajstić information content (AvgIpc) is 2.61. The summed E-state index contributed by atoms with van der Waals surface area (Å²) in [7, 11) is 0. The zero-order valence-electron chi connectivity index (χ0n) is 13.3. The van der Waals surface area contributed by atoms with E-state index in [1.54, 1.807) is 0 Å². The lowest BCUT2D eigenvalue weighted by molar-refractivity contribution is -0.141. The number of anilines is 2. The molecule has 0 aromatic carbocycles. The van der Waals surface area contributed by atoms with Crippen molar-refractivity contribution in [2.75, 3.05) is 29.4 Å². The number of nitriles is 1. The van der Waals surface area contributed by atoms with E-state index in [1.165, 1.54) is 18.5 Å². The summed E-state index contributed by atoms with van der Waals surface area (Å²) in [4.78, 5) is 12.0. The van der Waals surface area contributed by atoms with Crippen molar-refractivity contribution in [2.45, 2.75) is 19.1 Å². The van der Waals surface area contributed by atoms with Crippen LogP contribution < -0.4 is 9.80 Å². The van der Waals surface area contributed by atoms with Gasteiger partial charge in [-0.2, -0.15) is 18.4 Å². The molecule has 0 bridgehead atoms. The van der Waals surface area contributed by atoms with Crippen molar-refractivity contribution < 1.29 is 13.2 Å². The van der Waals surface area contributed by atoms with Crippen LogP contribution in [-0.2, 0) is 6.18 Å². The number of aromatic nitrogens is 4. The van der Waals surface area contributed by atoms with Crippen molar-refractivity contribution in [3.8, 4) is 6.07 Å². The highest BCUT2D eigenvalue weighted by Gasteiger charge is 2.34. The van der Waals surface area contributed by atoms with Gasteiger partial charge in [0.15, 0.2) is 23.0 Å². The van der Waals surface area contributed by atoms with Crippen LogP contribution in [0.3, 0.4) is 0 Å². The molecule has 3 rings (SSSR count). The summed E-state index contributed by atoms with van der Waals surface area (Å²) < 4.78 is 37.8. The highest BCUT2D eigenvalue weighted by atomic mass is 19.4. The first-order valence-corrected chi connectivity index (χ1v) is 7.54. The third kappa shape index (κ3) is 3.45. The molecule has 0 saturated carbocycles. The molecule has 2 aromatic rings. The molecule has 1 saturated heterocycles. The maximum absolute atomic E-state index is 12.6. The molecule has 1 atom stereocenters. The van der Waals surface area contributed by atoms with Crippen LogP contribution in [0.15, 0.2) is 24.5 Å². The number of hydrogen-bond donors (Lipinski definition) is 0. The molecule has 0 aliphatic carbocycles. The molecular weight excluding hydrogens is 335 g/mol. The van der Waals surface area contributed by atoms with Gasteiger partial charge in [0.05, 0.1) is 0 Å². The minimum atomic E-state index is -4.50. The fourth-order valence-electron chi connectivity index (χ4n) is 2.76. The Labute approximate surface area is 141 Å². The Hall–Kier alpha value is -2.96. The van der Waals surface area contributed by atoms with Crippen LogP contribution in [0, 0.1) is 11.3 Å². The molecule has 10 heteroatoms. The first-order valence-electron chi connectivity index (χ1n) is 7.54. The third-order valence-electron chi connectivity index (χ3n) is 3.95. The van der Waals surface area contributed by atoms with Gasteiger partial charge in [0.1, 0.15) is 6.07 Å². The second kappa shape index (κ2) is 6.51. The van der Waals surface area contributed by atoms with Crippen molar-refractivity contribution in [3.05, 3.63) is 35.9 Å². The summed E-state index contributed by atoms with van der Waals surface area (Å²) in [5.74, 6) is 0.898. The first kappa shape index (κ1) is 16.9. The second-order valence-corrected chi connectivity index (χ2v) is 5.60. The Morgan fingerprint density at radius 2 is 1.92 bits per heavy atom. The minimum Gasteiger partial charge on any atom is -0.350 e. The van der Waals surface area contributed by atoms with Gasteiger partial charge < -0.3 is 9.80 Å². The second-order valence-electron chi connectivity index (χ2n) is 5.60. The minimum absolute atomic E-state index is 0.0478. The zero-order valence-corrected chi connectivity index (χ0v) is 13.3. The molecule has 25 heavy (non-hydrogen) atoms. The maximum Gasteiger partial charge on any atom is 0.435 e. The van der Waals surface area contributed by atoms with E-state index in [0.29, 0.717) is 31.3 Å². The van der Waals surface area contributed by atoms with E-state index in [-0.39, 0.29) is 11.7 Å². The fourth-order valence-corrected chi connectivity index (χ4v) is 2.76. The SMILES string of the molecule is CC1CN(c2nccnc2C#N)CCN1c1ccc(C(F)(F)F)nn1. The Morgan fingerprint density at radius 3 is 2.52 bits per heavy atom. The molecular formula is C15H14F3N7. The van der Waals surface area contributed by atoms with E-state index in [2.05, 4.69) is 20.2 Å². The number of rotatable bonds is 2. The van der Waals surface area contributed by atoms with Gasteiger partial charge in [-0.3, -0.25) is 0 Å².